The second kappa shape index (κ2) is 7.60. The summed E-state index contributed by atoms with van der Waals surface area (Å²) < 4.78 is 5.46. The summed E-state index contributed by atoms with van der Waals surface area (Å²) in [5.74, 6) is -0.0776. The lowest BCUT2D eigenvalue weighted by Crippen LogP contribution is -2.34. The van der Waals surface area contributed by atoms with Crippen LogP contribution in [0.3, 0.4) is 0 Å². The van der Waals surface area contributed by atoms with Crippen LogP contribution in [0.2, 0.25) is 5.02 Å². The Morgan fingerprint density at radius 2 is 2.17 bits per heavy atom. The molecule has 0 spiro atoms. The number of amides is 1. The predicted molar refractivity (Wildman–Crippen MR) is 87.6 cm³/mol. The third-order valence-electron chi connectivity index (χ3n) is 3.17. The molecule has 0 aliphatic carbocycles. The normalized spacial score (nSPS) is 10.2. The zero-order chi connectivity index (χ0) is 17.7. The van der Waals surface area contributed by atoms with Gasteiger partial charge in [-0.1, -0.05) is 17.7 Å². The SMILES string of the molecule is CN(CCOc1cccc(Cl)c1)C(=O)c1cc([N+](=O)[O-])c[nH]c1=O. The summed E-state index contributed by atoms with van der Waals surface area (Å²) in [6.07, 6.45) is 0.946. The van der Waals surface area contributed by atoms with E-state index in [1.165, 1.54) is 11.9 Å². The number of carbonyl (C=O) groups is 1. The number of pyridine rings is 1. The minimum atomic E-state index is -0.687. The van der Waals surface area contributed by atoms with E-state index in [1.54, 1.807) is 24.3 Å². The number of carbonyl (C=O) groups excluding carboxylic acids is 1. The van der Waals surface area contributed by atoms with Crippen molar-refractivity contribution in [3.8, 4) is 5.75 Å². The van der Waals surface area contributed by atoms with Crippen molar-refractivity contribution in [2.24, 2.45) is 0 Å². The highest BCUT2D eigenvalue weighted by Crippen LogP contribution is 2.17. The number of halogens is 1. The highest BCUT2D eigenvalue weighted by molar-refractivity contribution is 6.30. The zero-order valence-electron chi connectivity index (χ0n) is 12.7. The van der Waals surface area contributed by atoms with E-state index in [0.29, 0.717) is 10.8 Å². The van der Waals surface area contributed by atoms with E-state index >= 15 is 0 Å². The van der Waals surface area contributed by atoms with Gasteiger partial charge < -0.3 is 14.6 Å². The van der Waals surface area contributed by atoms with Crippen LogP contribution in [-0.2, 0) is 0 Å². The first kappa shape index (κ1) is 17.5. The predicted octanol–water partition coefficient (Wildman–Crippen LogP) is 2.09. The van der Waals surface area contributed by atoms with Gasteiger partial charge in [-0.05, 0) is 18.2 Å². The standard InChI is InChI=1S/C15H14ClN3O5/c1-18(5-6-24-12-4-2-3-10(16)7-12)15(21)13-8-11(19(22)23)9-17-14(13)20/h2-4,7-9H,5-6H2,1H3,(H,17,20). The van der Waals surface area contributed by atoms with E-state index in [2.05, 4.69) is 4.98 Å². The number of likely N-dealkylation sites (N-methyl/N-ethyl adjacent to an activating group) is 1. The van der Waals surface area contributed by atoms with Crippen molar-refractivity contribution >= 4 is 23.2 Å². The summed E-state index contributed by atoms with van der Waals surface area (Å²) in [5.41, 5.74) is -1.34. The molecular formula is C15H14ClN3O5. The van der Waals surface area contributed by atoms with Crippen LogP contribution >= 0.6 is 11.6 Å². The lowest BCUT2D eigenvalue weighted by molar-refractivity contribution is -0.385. The van der Waals surface area contributed by atoms with Crippen molar-refractivity contribution in [1.82, 2.24) is 9.88 Å². The molecule has 0 radical (unpaired) electrons. The van der Waals surface area contributed by atoms with Gasteiger partial charge in [0, 0.05) is 18.1 Å². The van der Waals surface area contributed by atoms with E-state index < -0.39 is 16.4 Å². The number of ether oxygens (including phenoxy) is 1. The first-order chi connectivity index (χ1) is 11.4. The van der Waals surface area contributed by atoms with Gasteiger partial charge in [0.2, 0.25) is 0 Å². The van der Waals surface area contributed by atoms with Gasteiger partial charge in [-0.15, -0.1) is 0 Å². The van der Waals surface area contributed by atoms with Gasteiger partial charge in [-0.2, -0.15) is 0 Å². The van der Waals surface area contributed by atoms with Crippen molar-refractivity contribution < 1.29 is 14.5 Å². The second-order valence-corrected chi connectivity index (χ2v) is 5.33. The van der Waals surface area contributed by atoms with Crippen LogP contribution in [0, 0.1) is 10.1 Å². The molecular weight excluding hydrogens is 338 g/mol. The third kappa shape index (κ3) is 4.32. The number of rotatable bonds is 6. The fourth-order valence-corrected chi connectivity index (χ4v) is 2.08. The Morgan fingerprint density at radius 3 is 2.83 bits per heavy atom. The van der Waals surface area contributed by atoms with E-state index in [4.69, 9.17) is 16.3 Å². The number of H-pyrrole nitrogens is 1. The summed E-state index contributed by atoms with van der Waals surface area (Å²) in [5, 5.41) is 11.3. The average molecular weight is 352 g/mol. The molecule has 8 nitrogen and oxygen atoms in total. The van der Waals surface area contributed by atoms with E-state index in [-0.39, 0.29) is 24.4 Å². The molecule has 0 fully saturated rings. The molecule has 24 heavy (non-hydrogen) atoms. The van der Waals surface area contributed by atoms with Gasteiger partial charge in [-0.3, -0.25) is 19.7 Å². The van der Waals surface area contributed by atoms with E-state index in [0.717, 1.165) is 12.3 Å². The lowest BCUT2D eigenvalue weighted by atomic mass is 10.2. The van der Waals surface area contributed by atoms with Gasteiger partial charge in [0.15, 0.2) is 0 Å². The molecule has 0 aliphatic heterocycles. The van der Waals surface area contributed by atoms with Crippen molar-refractivity contribution in [1.29, 1.82) is 0 Å². The number of hydrogen-bond donors (Lipinski definition) is 1. The summed E-state index contributed by atoms with van der Waals surface area (Å²) in [6, 6.07) is 7.75. The van der Waals surface area contributed by atoms with Crippen molar-refractivity contribution in [3.05, 3.63) is 67.6 Å². The van der Waals surface area contributed by atoms with Gasteiger partial charge >= 0.3 is 0 Å². The topological polar surface area (TPSA) is 106 Å². The fourth-order valence-electron chi connectivity index (χ4n) is 1.90. The maximum atomic E-state index is 12.2. The zero-order valence-corrected chi connectivity index (χ0v) is 13.4. The molecule has 2 rings (SSSR count). The minimum Gasteiger partial charge on any atom is -0.492 e. The smallest absolute Gasteiger partial charge is 0.286 e. The number of nitro groups is 1. The number of nitrogens with zero attached hydrogens (tertiary/aromatic N) is 2. The highest BCUT2D eigenvalue weighted by atomic mass is 35.5. The molecule has 9 heteroatoms. The summed E-state index contributed by atoms with van der Waals surface area (Å²) in [7, 11) is 1.47. The number of aromatic amines is 1. The Kier molecular flexibility index (Phi) is 5.54. The highest BCUT2D eigenvalue weighted by Gasteiger charge is 2.19. The monoisotopic (exact) mass is 351 g/mol. The Hall–Kier alpha value is -2.87. The maximum Gasteiger partial charge on any atom is 0.286 e. The summed E-state index contributed by atoms with van der Waals surface area (Å²) in [4.78, 5) is 37.4. The molecule has 126 valence electrons. The van der Waals surface area contributed by atoms with Gasteiger partial charge in [-0.25, -0.2) is 0 Å². The summed E-state index contributed by atoms with van der Waals surface area (Å²) in [6.45, 7) is 0.364. The minimum absolute atomic E-state index is 0.176. The van der Waals surface area contributed by atoms with Crippen LogP contribution in [0.1, 0.15) is 10.4 Å². The van der Waals surface area contributed by atoms with Gasteiger partial charge in [0.25, 0.3) is 17.2 Å². The fraction of sp³-hybridized carbons (Fsp3) is 0.200. The van der Waals surface area contributed by atoms with Gasteiger partial charge in [0.05, 0.1) is 17.7 Å². The molecule has 0 saturated carbocycles. The summed E-state index contributed by atoms with van der Waals surface area (Å²) >= 11 is 5.84. The number of aromatic nitrogens is 1. The molecule has 1 heterocycles. The number of nitrogens with one attached hydrogen (secondary N) is 1. The molecule has 1 N–H and O–H groups in total. The first-order valence-corrected chi connectivity index (χ1v) is 7.27. The van der Waals surface area contributed by atoms with Crippen LogP contribution in [0.25, 0.3) is 0 Å². The molecule has 1 aromatic carbocycles. The van der Waals surface area contributed by atoms with E-state index in [9.17, 15) is 19.7 Å². The van der Waals surface area contributed by atoms with Crippen LogP contribution in [0.15, 0.2) is 41.3 Å². The largest absolute Gasteiger partial charge is 0.492 e. The molecule has 0 atom stereocenters. The van der Waals surface area contributed by atoms with E-state index in [1.807, 2.05) is 0 Å². The second-order valence-electron chi connectivity index (χ2n) is 4.89. The Bertz CT molecular complexity index is 821. The van der Waals surface area contributed by atoms with Crippen molar-refractivity contribution in [3.63, 3.8) is 0 Å². The Labute approximate surface area is 141 Å². The van der Waals surface area contributed by atoms with Crippen molar-refractivity contribution in [2.75, 3.05) is 20.2 Å². The molecule has 2 aromatic rings. The molecule has 0 aliphatic rings. The molecule has 0 bridgehead atoms. The Morgan fingerprint density at radius 1 is 1.42 bits per heavy atom. The van der Waals surface area contributed by atoms with Gasteiger partial charge in [0.1, 0.15) is 17.9 Å². The quantitative estimate of drug-likeness (QED) is 0.633. The average Bonchev–Trinajstić information content (AvgIpc) is 2.54. The van der Waals surface area contributed by atoms with Crippen LogP contribution in [0.4, 0.5) is 5.69 Å². The van der Waals surface area contributed by atoms with Crippen LogP contribution < -0.4 is 10.3 Å². The molecule has 0 unspecified atom stereocenters. The molecule has 0 saturated heterocycles. The Balaban J connectivity index is 2.01. The number of benzene rings is 1. The maximum absolute atomic E-state index is 12.2. The molecule has 1 aromatic heterocycles. The van der Waals surface area contributed by atoms with Crippen LogP contribution in [0.5, 0.6) is 5.75 Å². The van der Waals surface area contributed by atoms with Crippen molar-refractivity contribution in [2.45, 2.75) is 0 Å². The number of hydrogen-bond acceptors (Lipinski definition) is 5. The lowest BCUT2D eigenvalue weighted by Gasteiger charge is -2.17. The molecule has 1 amide bonds. The van der Waals surface area contributed by atoms with Crippen LogP contribution in [-0.4, -0.2) is 40.9 Å². The third-order valence-corrected chi connectivity index (χ3v) is 3.40. The first-order valence-electron chi connectivity index (χ1n) is 6.89.